The Morgan fingerprint density at radius 3 is 2.23 bits per heavy atom. The van der Waals surface area contributed by atoms with Crippen LogP contribution in [-0.2, 0) is 0 Å². The van der Waals surface area contributed by atoms with Gasteiger partial charge in [0.05, 0.1) is 19.3 Å². The number of aliphatic hydroxyl groups is 2. The highest BCUT2D eigenvalue weighted by atomic mass is 16.5. The Hall–Kier alpha value is -1.84. The van der Waals surface area contributed by atoms with Crippen molar-refractivity contribution in [3.8, 4) is 16.9 Å². The maximum atomic E-state index is 9.34. The molecule has 0 radical (unpaired) electrons. The van der Waals surface area contributed by atoms with E-state index in [9.17, 15) is 5.11 Å². The summed E-state index contributed by atoms with van der Waals surface area (Å²) in [6, 6.07) is 12.4. The third-order valence-electron chi connectivity index (χ3n) is 3.85. The number of hydrogen-bond acceptors (Lipinski definition) is 3. The first-order valence-corrected chi connectivity index (χ1v) is 7.62. The van der Waals surface area contributed by atoms with Gasteiger partial charge in [-0.15, -0.1) is 0 Å². The van der Waals surface area contributed by atoms with Crippen LogP contribution in [0.15, 0.2) is 36.4 Å². The largest absolute Gasteiger partial charge is 0.493 e. The summed E-state index contributed by atoms with van der Waals surface area (Å²) in [5.74, 6) is 0.803. The molecule has 2 aromatic carbocycles. The molecule has 0 aliphatic carbocycles. The minimum absolute atomic E-state index is 0.229. The fraction of sp³-hybridized carbons (Fsp3) is 0.368. The second-order valence-corrected chi connectivity index (χ2v) is 5.72. The highest BCUT2D eigenvalue weighted by Crippen LogP contribution is 2.32. The number of benzene rings is 2. The van der Waals surface area contributed by atoms with Crippen molar-refractivity contribution in [2.75, 3.05) is 13.2 Å². The lowest BCUT2D eigenvalue weighted by molar-refractivity contribution is 0.0754. The monoisotopic (exact) mass is 300 g/mol. The first-order valence-electron chi connectivity index (χ1n) is 7.62. The van der Waals surface area contributed by atoms with Crippen molar-refractivity contribution in [2.24, 2.45) is 0 Å². The summed E-state index contributed by atoms with van der Waals surface area (Å²) in [5, 5.41) is 18.1. The molecule has 0 aliphatic heterocycles. The molecule has 0 aliphatic rings. The first-order chi connectivity index (χ1) is 10.5. The van der Waals surface area contributed by atoms with Crippen LogP contribution in [0.2, 0.25) is 0 Å². The Balaban J connectivity index is 2.21. The molecule has 0 unspecified atom stereocenters. The van der Waals surface area contributed by atoms with Crippen molar-refractivity contribution >= 4 is 0 Å². The van der Waals surface area contributed by atoms with Crippen molar-refractivity contribution in [3.63, 3.8) is 0 Å². The molecule has 0 amide bonds. The van der Waals surface area contributed by atoms with Crippen molar-refractivity contribution in [2.45, 2.75) is 33.3 Å². The maximum absolute atomic E-state index is 9.34. The van der Waals surface area contributed by atoms with Crippen LogP contribution in [0.5, 0.6) is 5.75 Å². The second kappa shape index (κ2) is 7.43. The molecule has 0 saturated carbocycles. The Labute approximate surface area is 132 Å². The Kier molecular flexibility index (Phi) is 5.58. The van der Waals surface area contributed by atoms with Crippen LogP contribution >= 0.6 is 0 Å². The zero-order valence-electron chi connectivity index (χ0n) is 13.5. The molecule has 3 heteroatoms. The number of aryl methyl sites for hydroxylation is 3. The summed E-state index contributed by atoms with van der Waals surface area (Å²) in [7, 11) is 0. The molecule has 1 atom stereocenters. The molecule has 118 valence electrons. The van der Waals surface area contributed by atoms with Crippen LogP contribution in [0.4, 0.5) is 0 Å². The smallest absolute Gasteiger partial charge is 0.119 e. The fourth-order valence-electron chi connectivity index (χ4n) is 2.69. The van der Waals surface area contributed by atoms with E-state index in [4.69, 9.17) is 9.84 Å². The van der Waals surface area contributed by atoms with E-state index in [0.29, 0.717) is 13.0 Å². The van der Waals surface area contributed by atoms with Gasteiger partial charge in [-0.05, 0) is 60.7 Å². The van der Waals surface area contributed by atoms with Gasteiger partial charge >= 0.3 is 0 Å². The summed E-state index contributed by atoms with van der Waals surface area (Å²) in [4.78, 5) is 0. The molecule has 3 nitrogen and oxygen atoms in total. The predicted molar refractivity (Wildman–Crippen MR) is 89.3 cm³/mol. The van der Waals surface area contributed by atoms with Crippen LogP contribution in [-0.4, -0.2) is 29.5 Å². The standard InChI is InChI=1S/C19H24O3/c1-13-6-4-5-7-18(13)19-14(2)10-17(11-15(19)3)22-9-8-16(21)12-20/h4-7,10-11,16,20-21H,8-9,12H2,1-3H3/t16-/m1/s1. The summed E-state index contributed by atoms with van der Waals surface area (Å²) >= 11 is 0. The van der Waals surface area contributed by atoms with Gasteiger partial charge < -0.3 is 14.9 Å². The molecule has 2 N–H and O–H groups in total. The van der Waals surface area contributed by atoms with Crippen LogP contribution < -0.4 is 4.74 Å². The van der Waals surface area contributed by atoms with Gasteiger partial charge in [0.15, 0.2) is 0 Å². The van der Waals surface area contributed by atoms with Crippen molar-refractivity contribution < 1.29 is 14.9 Å². The van der Waals surface area contributed by atoms with Gasteiger partial charge in [-0.2, -0.15) is 0 Å². The third-order valence-corrected chi connectivity index (χ3v) is 3.85. The highest BCUT2D eigenvalue weighted by molar-refractivity contribution is 5.74. The number of ether oxygens (including phenoxy) is 1. The Morgan fingerprint density at radius 1 is 1.00 bits per heavy atom. The topological polar surface area (TPSA) is 49.7 Å². The minimum Gasteiger partial charge on any atom is -0.493 e. The summed E-state index contributed by atoms with van der Waals surface area (Å²) in [5.41, 5.74) is 6.10. The van der Waals surface area contributed by atoms with Gasteiger partial charge in [0.1, 0.15) is 5.75 Å². The average Bonchev–Trinajstić information content (AvgIpc) is 2.48. The lowest BCUT2D eigenvalue weighted by Crippen LogP contribution is -2.15. The van der Waals surface area contributed by atoms with E-state index in [2.05, 4.69) is 39.0 Å². The van der Waals surface area contributed by atoms with Gasteiger partial charge in [0.25, 0.3) is 0 Å². The van der Waals surface area contributed by atoms with Gasteiger partial charge in [0, 0.05) is 6.42 Å². The van der Waals surface area contributed by atoms with E-state index in [1.165, 1.54) is 27.8 Å². The average molecular weight is 300 g/mol. The minimum atomic E-state index is -0.714. The highest BCUT2D eigenvalue weighted by Gasteiger charge is 2.10. The van der Waals surface area contributed by atoms with Crippen molar-refractivity contribution in [1.29, 1.82) is 0 Å². The Morgan fingerprint density at radius 2 is 1.64 bits per heavy atom. The number of hydrogen-bond donors (Lipinski definition) is 2. The molecule has 2 aromatic rings. The molecule has 0 spiro atoms. The zero-order chi connectivity index (χ0) is 16.1. The number of rotatable bonds is 6. The molecule has 22 heavy (non-hydrogen) atoms. The first kappa shape index (κ1) is 16.5. The van der Waals surface area contributed by atoms with Crippen LogP contribution in [0.25, 0.3) is 11.1 Å². The van der Waals surface area contributed by atoms with Crippen molar-refractivity contribution in [3.05, 3.63) is 53.1 Å². The second-order valence-electron chi connectivity index (χ2n) is 5.72. The van der Waals surface area contributed by atoms with Gasteiger partial charge in [-0.25, -0.2) is 0 Å². The molecular weight excluding hydrogens is 276 g/mol. The fourth-order valence-corrected chi connectivity index (χ4v) is 2.69. The Bertz CT molecular complexity index is 611. The molecule has 0 heterocycles. The number of aliphatic hydroxyl groups excluding tert-OH is 2. The molecular formula is C19H24O3. The quantitative estimate of drug-likeness (QED) is 0.859. The van der Waals surface area contributed by atoms with Gasteiger partial charge in [0.2, 0.25) is 0 Å². The van der Waals surface area contributed by atoms with Gasteiger partial charge in [-0.3, -0.25) is 0 Å². The normalized spacial score (nSPS) is 12.2. The van der Waals surface area contributed by atoms with E-state index in [1.54, 1.807) is 0 Å². The maximum Gasteiger partial charge on any atom is 0.119 e. The van der Waals surface area contributed by atoms with E-state index >= 15 is 0 Å². The molecule has 0 bridgehead atoms. The van der Waals surface area contributed by atoms with E-state index in [1.807, 2.05) is 18.2 Å². The van der Waals surface area contributed by atoms with E-state index < -0.39 is 6.10 Å². The molecule has 0 saturated heterocycles. The SMILES string of the molecule is Cc1ccccc1-c1c(C)cc(OCC[C@@H](O)CO)cc1C. The summed E-state index contributed by atoms with van der Waals surface area (Å²) < 4.78 is 5.69. The van der Waals surface area contributed by atoms with Crippen LogP contribution in [0.3, 0.4) is 0 Å². The van der Waals surface area contributed by atoms with E-state index in [0.717, 1.165) is 5.75 Å². The van der Waals surface area contributed by atoms with Crippen molar-refractivity contribution in [1.82, 2.24) is 0 Å². The molecule has 0 aromatic heterocycles. The summed E-state index contributed by atoms with van der Waals surface area (Å²) in [6.07, 6.45) is -0.290. The predicted octanol–water partition coefficient (Wildman–Crippen LogP) is 3.40. The summed E-state index contributed by atoms with van der Waals surface area (Å²) in [6.45, 7) is 6.46. The third kappa shape index (κ3) is 3.87. The van der Waals surface area contributed by atoms with E-state index in [-0.39, 0.29) is 6.61 Å². The molecule has 0 fully saturated rings. The molecule has 2 rings (SSSR count). The van der Waals surface area contributed by atoms with Crippen LogP contribution in [0.1, 0.15) is 23.1 Å². The zero-order valence-corrected chi connectivity index (χ0v) is 13.5. The van der Waals surface area contributed by atoms with Gasteiger partial charge in [-0.1, -0.05) is 24.3 Å². The lowest BCUT2D eigenvalue weighted by Gasteiger charge is -2.16. The van der Waals surface area contributed by atoms with Crippen LogP contribution in [0, 0.1) is 20.8 Å². The lowest BCUT2D eigenvalue weighted by atomic mass is 9.92.